The first-order chi connectivity index (χ1) is 11.8. The molecule has 4 rings (SSSR count). The second kappa shape index (κ2) is 6.01. The predicted molar refractivity (Wildman–Crippen MR) is 99.1 cm³/mol. The summed E-state index contributed by atoms with van der Waals surface area (Å²) in [5.74, 6) is 0.561. The number of nitrogen functional groups attached to an aromatic ring is 1. The molecule has 0 amide bonds. The number of rotatable bonds is 3. The van der Waals surface area contributed by atoms with Crippen LogP contribution in [0.2, 0.25) is 0 Å². The van der Waals surface area contributed by atoms with E-state index < -0.39 is 0 Å². The Morgan fingerprint density at radius 1 is 0.792 bits per heavy atom. The maximum atomic E-state index is 5.71. The number of nitrogens with one attached hydrogen (secondary N) is 1. The molecule has 116 valence electrons. The zero-order valence-corrected chi connectivity index (χ0v) is 13.0. The van der Waals surface area contributed by atoms with Crippen molar-refractivity contribution in [2.45, 2.75) is 0 Å². The molecule has 1 aromatic heterocycles. The van der Waals surface area contributed by atoms with Crippen LogP contribution in [0.15, 0.2) is 79.0 Å². The Morgan fingerprint density at radius 2 is 1.58 bits per heavy atom. The molecule has 4 aromatic rings. The first-order valence-electron chi connectivity index (χ1n) is 7.73. The van der Waals surface area contributed by atoms with Gasteiger partial charge in [0.05, 0.1) is 5.69 Å². The molecule has 0 atom stereocenters. The number of anilines is 3. The van der Waals surface area contributed by atoms with E-state index >= 15 is 0 Å². The lowest BCUT2D eigenvalue weighted by Gasteiger charge is -2.08. The van der Waals surface area contributed by atoms with Crippen LogP contribution >= 0.6 is 0 Å². The standard InChI is InChI=1S/C20H16N4/c21-17-7-9-18(10-8-17)23-20-22-12-11-19(24-20)16-6-5-14-3-1-2-4-15(14)13-16/h1-13H,21H2,(H,22,23,24). The Labute approximate surface area is 140 Å². The highest BCUT2D eigenvalue weighted by molar-refractivity contribution is 5.86. The van der Waals surface area contributed by atoms with Gasteiger partial charge in [-0.15, -0.1) is 0 Å². The van der Waals surface area contributed by atoms with Gasteiger partial charge in [0, 0.05) is 23.1 Å². The van der Waals surface area contributed by atoms with Crippen molar-refractivity contribution in [3.8, 4) is 11.3 Å². The molecule has 0 fully saturated rings. The quantitative estimate of drug-likeness (QED) is 0.542. The monoisotopic (exact) mass is 312 g/mol. The molecule has 4 nitrogen and oxygen atoms in total. The predicted octanol–water partition coefficient (Wildman–Crippen LogP) is 4.62. The van der Waals surface area contributed by atoms with E-state index in [-0.39, 0.29) is 0 Å². The van der Waals surface area contributed by atoms with E-state index in [1.807, 2.05) is 42.5 Å². The Kier molecular flexibility index (Phi) is 3.56. The fraction of sp³-hybridized carbons (Fsp3) is 0. The first-order valence-corrected chi connectivity index (χ1v) is 7.73. The van der Waals surface area contributed by atoms with Gasteiger partial charge in [0.15, 0.2) is 0 Å². The van der Waals surface area contributed by atoms with Crippen LogP contribution in [0.3, 0.4) is 0 Å². The summed E-state index contributed by atoms with van der Waals surface area (Å²) in [6, 6.07) is 24.0. The van der Waals surface area contributed by atoms with Crippen LogP contribution in [-0.4, -0.2) is 9.97 Å². The lowest BCUT2D eigenvalue weighted by atomic mass is 10.1. The van der Waals surface area contributed by atoms with Crippen molar-refractivity contribution in [2.24, 2.45) is 0 Å². The highest BCUT2D eigenvalue weighted by atomic mass is 15.1. The molecule has 24 heavy (non-hydrogen) atoms. The summed E-state index contributed by atoms with van der Waals surface area (Å²) in [5.41, 5.74) is 9.29. The van der Waals surface area contributed by atoms with Crippen molar-refractivity contribution in [3.63, 3.8) is 0 Å². The Hall–Kier alpha value is -3.40. The molecule has 0 radical (unpaired) electrons. The maximum Gasteiger partial charge on any atom is 0.227 e. The van der Waals surface area contributed by atoms with E-state index in [1.165, 1.54) is 10.8 Å². The van der Waals surface area contributed by atoms with Crippen molar-refractivity contribution in [2.75, 3.05) is 11.1 Å². The summed E-state index contributed by atoms with van der Waals surface area (Å²) in [4.78, 5) is 8.91. The van der Waals surface area contributed by atoms with Gasteiger partial charge in [0.1, 0.15) is 0 Å². The third kappa shape index (κ3) is 2.90. The molecule has 0 spiro atoms. The lowest BCUT2D eigenvalue weighted by molar-refractivity contribution is 1.17. The molecule has 0 saturated carbocycles. The molecular weight excluding hydrogens is 296 g/mol. The molecule has 0 bridgehead atoms. The van der Waals surface area contributed by atoms with Gasteiger partial charge in [-0.2, -0.15) is 0 Å². The lowest BCUT2D eigenvalue weighted by Crippen LogP contribution is -1.98. The smallest absolute Gasteiger partial charge is 0.227 e. The SMILES string of the molecule is Nc1ccc(Nc2nccc(-c3ccc4ccccc4c3)n2)cc1. The number of hydrogen-bond acceptors (Lipinski definition) is 4. The van der Waals surface area contributed by atoms with E-state index in [2.05, 4.69) is 45.6 Å². The molecule has 4 heteroatoms. The van der Waals surface area contributed by atoms with Gasteiger partial charge in [0.25, 0.3) is 0 Å². The highest BCUT2D eigenvalue weighted by Gasteiger charge is 2.04. The topological polar surface area (TPSA) is 63.8 Å². The van der Waals surface area contributed by atoms with Crippen molar-refractivity contribution in [1.82, 2.24) is 9.97 Å². The van der Waals surface area contributed by atoms with Gasteiger partial charge in [-0.1, -0.05) is 36.4 Å². The van der Waals surface area contributed by atoms with E-state index in [0.29, 0.717) is 5.95 Å². The van der Waals surface area contributed by atoms with E-state index in [1.54, 1.807) is 6.20 Å². The molecule has 0 saturated heterocycles. The van der Waals surface area contributed by atoms with E-state index in [0.717, 1.165) is 22.6 Å². The van der Waals surface area contributed by atoms with Crippen LogP contribution in [0.25, 0.3) is 22.0 Å². The summed E-state index contributed by atoms with van der Waals surface area (Å²) >= 11 is 0. The fourth-order valence-electron chi connectivity index (χ4n) is 2.62. The average molecular weight is 312 g/mol. The summed E-state index contributed by atoms with van der Waals surface area (Å²) in [7, 11) is 0. The first kappa shape index (κ1) is 14.2. The third-order valence-electron chi connectivity index (χ3n) is 3.87. The van der Waals surface area contributed by atoms with Gasteiger partial charge < -0.3 is 11.1 Å². The van der Waals surface area contributed by atoms with Gasteiger partial charge in [-0.3, -0.25) is 0 Å². The molecule has 0 aliphatic heterocycles. The van der Waals surface area contributed by atoms with Crippen molar-refractivity contribution in [3.05, 3.63) is 79.0 Å². The second-order valence-corrected chi connectivity index (χ2v) is 5.57. The minimum Gasteiger partial charge on any atom is -0.399 e. The van der Waals surface area contributed by atoms with Crippen LogP contribution in [0.4, 0.5) is 17.3 Å². The Bertz CT molecular complexity index is 994. The normalized spacial score (nSPS) is 10.7. The molecule has 0 aliphatic rings. The zero-order valence-electron chi connectivity index (χ0n) is 13.0. The van der Waals surface area contributed by atoms with E-state index in [4.69, 9.17) is 5.73 Å². The second-order valence-electron chi connectivity index (χ2n) is 5.57. The third-order valence-corrected chi connectivity index (χ3v) is 3.87. The zero-order chi connectivity index (χ0) is 16.4. The van der Waals surface area contributed by atoms with Gasteiger partial charge in [-0.05, 0) is 47.2 Å². The Balaban J connectivity index is 1.67. The molecule has 0 aliphatic carbocycles. The number of hydrogen-bond donors (Lipinski definition) is 2. The summed E-state index contributed by atoms with van der Waals surface area (Å²) in [6.07, 6.45) is 1.76. The number of benzene rings is 3. The average Bonchev–Trinajstić information content (AvgIpc) is 2.63. The van der Waals surface area contributed by atoms with Crippen LogP contribution in [0.5, 0.6) is 0 Å². The maximum absolute atomic E-state index is 5.71. The molecule has 1 heterocycles. The molecular formula is C20H16N4. The van der Waals surface area contributed by atoms with Crippen LogP contribution < -0.4 is 11.1 Å². The van der Waals surface area contributed by atoms with Gasteiger partial charge in [-0.25, -0.2) is 9.97 Å². The molecule has 3 aromatic carbocycles. The van der Waals surface area contributed by atoms with Gasteiger partial charge in [0.2, 0.25) is 5.95 Å². The van der Waals surface area contributed by atoms with Crippen molar-refractivity contribution in [1.29, 1.82) is 0 Å². The highest BCUT2D eigenvalue weighted by Crippen LogP contribution is 2.24. The fourth-order valence-corrected chi connectivity index (χ4v) is 2.62. The van der Waals surface area contributed by atoms with E-state index in [9.17, 15) is 0 Å². The summed E-state index contributed by atoms with van der Waals surface area (Å²) < 4.78 is 0. The van der Waals surface area contributed by atoms with Crippen molar-refractivity contribution >= 4 is 28.1 Å². The van der Waals surface area contributed by atoms with Gasteiger partial charge >= 0.3 is 0 Å². The largest absolute Gasteiger partial charge is 0.399 e. The van der Waals surface area contributed by atoms with Crippen LogP contribution in [0.1, 0.15) is 0 Å². The summed E-state index contributed by atoms with van der Waals surface area (Å²) in [6.45, 7) is 0. The summed E-state index contributed by atoms with van der Waals surface area (Å²) in [5, 5.41) is 5.61. The molecule has 0 unspecified atom stereocenters. The number of fused-ring (bicyclic) bond motifs is 1. The van der Waals surface area contributed by atoms with Crippen LogP contribution in [0, 0.1) is 0 Å². The minimum absolute atomic E-state index is 0.561. The number of aromatic nitrogens is 2. The Morgan fingerprint density at radius 3 is 2.42 bits per heavy atom. The number of nitrogens with two attached hydrogens (primary N) is 1. The number of nitrogens with zero attached hydrogens (tertiary/aromatic N) is 2. The van der Waals surface area contributed by atoms with Crippen LogP contribution in [-0.2, 0) is 0 Å². The van der Waals surface area contributed by atoms with Crippen molar-refractivity contribution < 1.29 is 0 Å². The minimum atomic E-state index is 0.561. The molecule has 3 N–H and O–H groups in total.